The van der Waals surface area contributed by atoms with Gasteiger partial charge in [0.1, 0.15) is 12.4 Å². The van der Waals surface area contributed by atoms with Crippen LogP contribution in [-0.2, 0) is 16.9 Å². The number of fused-ring (bicyclic) bond motifs is 2. The second-order valence-electron chi connectivity index (χ2n) is 9.17. The topological polar surface area (TPSA) is 88.5 Å². The van der Waals surface area contributed by atoms with E-state index in [9.17, 15) is 10.4 Å². The predicted molar refractivity (Wildman–Crippen MR) is 136 cm³/mol. The van der Waals surface area contributed by atoms with E-state index in [1.165, 1.54) is 0 Å². The lowest BCUT2D eigenvalue weighted by atomic mass is 9.86. The molecule has 0 saturated carbocycles. The summed E-state index contributed by atoms with van der Waals surface area (Å²) >= 11 is 0. The van der Waals surface area contributed by atoms with Crippen LogP contribution in [0.15, 0.2) is 83.7 Å². The molecule has 0 aliphatic carbocycles. The van der Waals surface area contributed by atoms with E-state index in [1.54, 1.807) is 12.5 Å². The first-order valence-corrected chi connectivity index (χ1v) is 11.9. The highest BCUT2D eigenvalue weighted by Crippen LogP contribution is 2.34. The number of aromatic nitrogens is 1. The number of nitrogens with zero attached hydrogens (tertiary/aromatic N) is 2. The quantitative estimate of drug-likeness (QED) is 0.330. The Morgan fingerprint density at radius 2 is 1.83 bits per heavy atom. The molecule has 1 saturated heterocycles. The zero-order valence-corrected chi connectivity index (χ0v) is 19.6. The number of aliphatic hydroxyl groups is 1. The van der Waals surface area contributed by atoms with E-state index in [-0.39, 0.29) is 0 Å². The van der Waals surface area contributed by atoms with Crippen molar-refractivity contribution in [3.8, 4) is 22.9 Å². The van der Waals surface area contributed by atoms with Gasteiger partial charge in [0.2, 0.25) is 0 Å². The minimum atomic E-state index is -0.872. The summed E-state index contributed by atoms with van der Waals surface area (Å²) in [6.07, 6.45) is 4.47. The molecule has 1 aliphatic rings. The Balaban J connectivity index is 1.26. The number of nitriles is 1. The van der Waals surface area contributed by atoms with Crippen LogP contribution in [0.2, 0.25) is 0 Å². The van der Waals surface area contributed by atoms with Crippen LogP contribution in [-0.4, -0.2) is 23.3 Å². The van der Waals surface area contributed by atoms with Gasteiger partial charge in [0.25, 0.3) is 0 Å². The molecule has 6 heteroatoms. The molecule has 3 heterocycles. The Morgan fingerprint density at radius 1 is 0.972 bits per heavy atom. The van der Waals surface area contributed by atoms with Crippen molar-refractivity contribution in [2.75, 3.05) is 13.2 Å². The second kappa shape index (κ2) is 9.12. The van der Waals surface area contributed by atoms with Crippen LogP contribution in [0, 0.1) is 11.3 Å². The van der Waals surface area contributed by atoms with Crippen molar-refractivity contribution in [2.45, 2.75) is 25.0 Å². The molecule has 0 unspecified atom stereocenters. The molecule has 178 valence electrons. The lowest BCUT2D eigenvalue weighted by Crippen LogP contribution is -2.33. The van der Waals surface area contributed by atoms with Crippen LogP contribution < -0.4 is 4.74 Å². The maximum atomic E-state index is 11.1. The molecule has 0 spiro atoms. The predicted octanol–water partition coefficient (Wildman–Crippen LogP) is 6.10. The number of rotatable bonds is 5. The van der Waals surface area contributed by atoms with E-state index in [1.807, 2.05) is 66.7 Å². The van der Waals surface area contributed by atoms with Gasteiger partial charge in [-0.1, -0.05) is 24.3 Å². The van der Waals surface area contributed by atoms with Gasteiger partial charge in [-0.25, -0.2) is 4.98 Å². The summed E-state index contributed by atoms with van der Waals surface area (Å²) in [5.74, 6) is 0.697. The molecule has 2 aromatic heterocycles. The summed E-state index contributed by atoms with van der Waals surface area (Å²) in [5, 5.41) is 23.5. The van der Waals surface area contributed by atoms with Crippen molar-refractivity contribution in [2.24, 2.45) is 0 Å². The maximum Gasteiger partial charge on any atom is 0.130 e. The Morgan fingerprint density at radius 3 is 2.64 bits per heavy atom. The summed E-state index contributed by atoms with van der Waals surface area (Å²) in [6.45, 7) is 1.42. The van der Waals surface area contributed by atoms with Crippen LogP contribution in [0.1, 0.15) is 29.7 Å². The summed E-state index contributed by atoms with van der Waals surface area (Å²) in [4.78, 5) is 4.79. The third kappa shape index (κ3) is 4.20. The van der Waals surface area contributed by atoms with Crippen LogP contribution in [0.25, 0.3) is 32.8 Å². The lowest BCUT2D eigenvalue weighted by molar-refractivity contribution is -0.0678. The summed E-state index contributed by atoms with van der Waals surface area (Å²) < 4.78 is 16.8. The first-order chi connectivity index (χ1) is 17.6. The molecule has 1 aliphatic heterocycles. The van der Waals surface area contributed by atoms with Gasteiger partial charge in [0, 0.05) is 37.0 Å². The first kappa shape index (κ1) is 22.3. The van der Waals surface area contributed by atoms with Crippen molar-refractivity contribution in [1.29, 1.82) is 5.26 Å². The minimum absolute atomic E-state index is 0.302. The summed E-state index contributed by atoms with van der Waals surface area (Å²) in [5.41, 5.74) is 4.08. The Labute approximate surface area is 208 Å². The fraction of sp³-hybridized carbons (Fsp3) is 0.200. The first-order valence-electron chi connectivity index (χ1n) is 11.9. The van der Waals surface area contributed by atoms with Gasteiger partial charge < -0.3 is 19.0 Å². The number of ether oxygens (including phenoxy) is 2. The average Bonchev–Trinajstić information content (AvgIpc) is 3.46. The Kier molecular flexibility index (Phi) is 5.65. The third-order valence-electron chi connectivity index (χ3n) is 6.88. The molecule has 1 N–H and O–H groups in total. The van der Waals surface area contributed by atoms with Crippen molar-refractivity contribution in [1.82, 2.24) is 4.98 Å². The van der Waals surface area contributed by atoms with E-state index in [0.29, 0.717) is 44.0 Å². The molecular formula is C30H24N2O4. The molecule has 6 rings (SSSR count). The van der Waals surface area contributed by atoms with Gasteiger partial charge in [-0.2, -0.15) is 5.26 Å². The number of benzene rings is 3. The van der Waals surface area contributed by atoms with E-state index in [0.717, 1.165) is 44.1 Å². The van der Waals surface area contributed by atoms with Crippen molar-refractivity contribution >= 4 is 21.7 Å². The van der Waals surface area contributed by atoms with Crippen LogP contribution >= 0.6 is 0 Å². The zero-order valence-electron chi connectivity index (χ0n) is 19.6. The maximum absolute atomic E-state index is 11.1. The van der Waals surface area contributed by atoms with Gasteiger partial charge in [0.15, 0.2) is 0 Å². The molecule has 5 aromatic rings. The van der Waals surface area contributed by atoms with Crippen molar-refractivity contribution < 1.29 is 19.0 Å². The van der Waals surface area contributed by atoms with Crippen molar-refractivity contribution in [3.63, 3.8) is 0 Å². The second-order valence-corrected chi connectivity index (χ2v) is 9.17. The van der Waals surface area contributed by atoms with Gasteiger partial charge in [-0.15, -0.1) is 0 Å². The fourth-order valence-corrected chi connectivity index (χ4v) is 4.84. The van der Waals surface area contributed by atoms with Gasteiger partial charge in [0.05, 0.1) is 41.0 Å². The van der Waals surface area contributed by atoms with Crippen LogP contribution in [0.5, 0.6) is 5.75 Å². The number of pyridine rings is 1. The van der Waals surface area contributed by atoms with Crippen LogP contribution in [0.3, 0.4) is 0 Å². The van der Waals surface area contributed by atoms with Crippen LogP contribution in [0.4, 0.5) is 0 Å². The fourth-order valence-electron chi connectivity index (χ4n) is 4.84. The zero-order chi connectivity index (χ0) is 24.5. The highest BCUT2D eigenvalue weighted by atomic mass is 16.5. The summed E-state index contributed by atoms with van der Waals surface area (Å²) in [7, 11) is 0. The molecule has 6 nitrogen and oxygen atoms in total. The smallest absolute Gasteiger partial charge is 0.130 e. The third-order valence-corrected chi connectivity index (χ3v) is 6.88. The Hall–Kier alpha value is -4.18. The monoisotopic (exact) mass is 476 g/mol. The molecule has 0 radical (unpaired) electrons. The largest absolute Gasteiger partial charge is 0.487 e. The SMILES string of the molecule is N#Cc1cc(-c2ccoc2)c2ccc(OCc3ccc4ccc(C5(O)CCOCC5)cc4n3)cc2c1. The molecule has 3 aromatic carbocycles. The molecule has 36 heavy (non-hydrogen) atoms. The van der Waals surface area contributed by atoms with E-state index in [4.69, 9.17) is 18.9 Å². The van der Waals surface area contributed by atoms with Gasteiger partial charge in [-0.3, -0.25) is 0 Å². The molecular weight excluding hydrogens is 452 g/mol. The molecule has 0 amide bonds. The number of hydrogen-bond acceptors (Lipinski definition) is 6. The molecule has 0 bridgehead atoms. The number of hydrogen-bond donors (Lipinski definition) is 1. The highest BCUT2D eigenvalue weighted by Gasteiger charge is 2.31. The Bertz CT molecular complexity index is 1600. The standard InChI is InChI=1S/C30H24N2O4/c31-17-20-13-23-15-26(5-6-27(23)28(14-20)22-7-10-35-18-22)36-19-25-4-2-21-1-3-24(16-29(21)32-25)30(33)8-11-34-12-9-30/h1-7,10,13-16,18,33H,8-9,11-12,19H2. The van der Waals surface area contributed by atoms with Gasteiger partial charge >= 0.3 is 0 Å². The lowest BCUT2D eigenvalue weighted by Gasteiger charge is -2.32. The summed E-state index contributed by atoms with van der Waals surface area (Å²) in [6, 6.07) is 23.7. The normalized spacial score (nSPS) is 15.1. The van der Waals surface area contributed by atoms with E-state index < -0.39 is 5.60 Å². The molecule has 1 fully saturated rings. The average molecular weight is 477 g/mol. The highest BCUT2D eigenvalue weighted by molar-refractivity contribution is 5.98. The molecule has 0 atom stereocenters. The van der Waals surface area contributed by atoms with Crippen molar-refractivity contribution in [3.05, 3.63) is 96.1 Å². The van der Waals surface area contributed by atoms with Gasteiger partial charge in [-0.05, 0) is 64.4 Å². The van der Waals surface area contributed by atoms with E-state index in [2.05, 4.69) is 6.07 Å². The van der Waals surface area contributed by atoms with E-state index >= 15 is 0 Å². The minimum Gasteiger partial charge on any atom is -0.487 e. The number of furan rings is 1.